The van der Waals surface area contributed by atoms with Gasteiger partial charge in [0.2, 0.25) is 0 Å². The summed E-state index contributed by atoms with van der Waals surface area (Å²) in [6.45, 7) is 0. The molecule has 0 aliphatic rings. The molecule has 98 valence electrons. The number of hydrogen-bond donors (Lipinski definition) is 0. The van der Waals surface area contributed by atoms with Gasteiger partial charge in [0.1, 0.15) is 5.75 Å². The molecule has 5 heteroatoms. The van der Waals surface area contributed by atoms with Crippen LogP contribution in [0.25, 0.3) is 11.1 Å². The molecule has 2 rings (SSSR count). The van der Waals surface area contributed by atoms with Crippen LogP contribution >= 0.6 is 34.8 Å². The number of hydrogen-bond acceptors (Lipinski definition) is 2. The Bertz CT molecular complexity index is 639. The van der Waals surface area contributed by atoms with Crippen molar-refractivity contribution < 1.29 is 9.53 Å². The van der Waals surface area contributed by atoms with E-state index < -0.39 is 0 Å². The first kappa shape index (κ1) is 14.2. The van der Waals surface area contributed by atoms with Crippen LogP contribution in [-0.4, -0.2) is 13.4 Å². The van der Waals surface area contributed by atoms with Crippen LogP contribution in [0.5, 0.6) is 5.75 Å². The van der Waals surface area contributed by atoms with Gasteiger partial charge in [-0.25, -0.2) is 0 Å². The molecule has 0 atom stereocenters. The molecule has 0 aliphatic carbocycles. The molecule has 2 nitrogen and oxygen atoms in total. The molecule has 0 amide bonds. The van der Waals surface area contributed by atoms with Crippen LogP contribution in [0, 0.1) is 0 Å². The lowest BCUT2D eigenvalue weighted by Gasteiger charge is -2.11. The maximum atomic E-state index is 11.1. The maximum Gasteiger partial charge on any atom is 0.153 e. The van der Waals surface area contributed by atoms with Crippen LogP contribution in [0.15, 0.2) is 30.3 Å². The standard InChI is InChI=1S/C14H9Cl3O2/c1-19-14-6-13(17)10(4-8(14)7-18)11-5-9(15)2-3-12(11)16/h2-7H,1H3. The van der Waals surface area contributed by atoms with Gasteiger partial charge >= 0.3 is 0 Å². The molecule has 0 heterocycles. The molecule has 0 saturated carbocycles. The van der Waals surface area contributed by atoms with Gasteiger partial charge in [-0.05, 0) is 24.3 Å². The summed E-state index contributed by atoms with van der Waals surface area (Å²) in [5, 5.41) is 1.49. The second-order valence-electron chi connectivity index (χ2n) is 3.82. The first-order chi connectivity index (χ1) is 9.06. The number of carbonyl (C=O) groups excluding carboxylic acids is 1. The second-order valence-corrected chi connectivity index (χ2v) is 5.07. The number of methoxy groups -OCH3 is 1. The predicted octanol–water partition coefficient (Wildman–Crippen LogP) is 5.13. The Morgan fingerprint density at radius 3 is 2.32 bits per heavy atom. The molecule has 0 aliphatic heterocycles. The minimum Gasteiger partial charge on any atom is -0.496 e. The van der Waals surface area contributed by atoms with E-state index in [4.69, 9.17) is 39.5 Å². The third-order valence-corrected chi connectivity index (χ3v) is 3.54. The minimum absolute atomic E-state index is 0.401. The van der Waals surface area contributed by atoms with Gasteiger partial charge in [-0.15, -0.1) is 0 Å². The van der Waals surface area contributed by atoms with Gasteiger partial charge in [-0.2, -0.15) is 0 Å². The summed E-state index contributed by atoms with van der Waals surface area (Å²) in [7, 11) is 1.48. The van der Waals surface area contributed by atoms with Gasteiger partial charge in [0.15, 0.2) is 6.29 Å². The first-order valence-corrected chi connectivity index (χ1v) is 6.48. The summed E-state index contributed by atoms with van der Waals surface area (Å²) in [5.74, 6) is 0.418. The van der Waals surface area contributed by atoms with Crippen molar-refractivity contribution in [2.75, 3.05) is 7.11 Å². The Balaban J connectivity index is 2.68. The van der Waals surface area contributed by atoms with E-state index in [2.05, 4.69) is 0 Å². The molecule has 0 unspecified atom stereocenters. The molecule has 2 aromatic rings. The van der Waals surface area contributed by atoms with Crippen LogP contribution in [-0.2, 0) is 0 Å². The van der Waals surface area contributed by atoms with Crippen molar-refractivity contribution in [2.24, 2.45) is 0 Å². The summed E-state index contributed by atoms with van der Waals surface area (Å²) in [4.78, 5) is 11.1. The minimum atomic E-state index is 0.401. The summed E-state index contributed by atoms with van der Waals surface area (Å²) < 4.78 is 5.09. The van der Waals surface area contributed by atoms with Gasteiger partial charge in [0, 0.05) is 27.2 Å². The molecule has 0 fully saturated rings. The van der Waals surface area contributed by atoms with E-state index in [-0.39, 0.29) is 0 Å². The lowest BCUT2D eigenvalue weighted by Crippen LogP contribution is -1.93. The van der Waals surface area contributed by atoms with Crippen LogP contribution in [0.1, 0.15) is 10.4 Å². The number of aldehydes is 1. The molecular formula is C14H9Cl3O2. The van der Waals surface area contributed by atoms with Crippen LogP contribution < -0.4 is 4.74 Å². The SMILES string of the molecule is COc1cc(Cl)c(-c2cc(Cl)ccc2Cl)cc1C=O. The zero-order chi connectivity index (χ0) is 14.0. The fourth-order valence-electron chi connectivity index (χ4n) is 1.75. The van der Waals surface area contributed by atoms with Crippen molar-refractivity contribution in [1.82, 2.24) is 0 Å². The molecule has 0 radical (unpaired) electrons. The lowest BCUT2D eigenvalue weighted by atomic mass is 10.0. The van der Waals surface area contributed by atoms with E-state index in [1.165, 1.54) is 7.11 Å². The van der Waals surface area contributed by atoms with Gasteiger partial charge in [-0.3, -0.25) is 4.79 Å². The smallest absolute Gasteiger partial charge is 0.153 e. The van der Waals surface area contributed by atoms with Crippen LogP contribution in [0.3, 0.4) is 0 Å². The first-order valence-electron chi connectivity index (χ1n) is 5.35. The van der Waals surface area contributed by atoms with E-state index in [0.29, 0.717) is 43.8 Å². The summed E-state index contributed by atoms with van der Waals surface area (Å²) in [6, 6.07) is 8.28. The average molecular weight is 316 g/mol. The molecule has 0 saturated heterocycles. The van der Waals surface area contributed by atoms with Crippen molar-refractivity contribution in [3.05, 3.63) is 51.0 Å². The Kier molecular flexibility index (Phi) is 4.35. The highest BCUT2D eigenvalue weighted by atomic mass is 35.5. The Hall–Kier alpha value is -1.22. The Morgan fingerprint density at radius 2 is 1.68 bits per heavy atom. The maximum absolute atomic E-state index is 11.1. The molecule has 0 N–H and O–H groups in total. The summed E-state index contributed by atoms with van der Waals surface area (Å²) >= 11 is 18.3. The summed E-state index contributed by atoms with van der Waals surface area (Å²) in [5.41, 5.74) is 1.71. The molecular weight excluding hydrogens is 307 g/mol. The number of halogens is 3. The largest absolute Gasteiger partial charge is 0.496 e. The fraction of sp³-hybridized carbons (Fsp3) is 0.0714. The predicted molar refractivity (Wildman–Crippen MR) is 78.8 cm³/mol. The number of benzene rings is 2. The van der Waals surface area contributed by atoms with Gasteiger partial charge in [-0.1, -0.05) is 34.8 Å². The average Bonchev–Trinajstić information content (AvgIpc) is 2.41. The number of rotatable bonds is 3. The van der Waals surface area contributed by atoms with Crippen molar-refractivity contribution in [3.63, 3.8) is 0 Å². The molecule has 0 bridgehead atoms. The zero-order valence-electron chi connectivity index (χ0n) is 9.91. The van der Waals surface area contributed by atoms with Crippen molar-refractivity contribution in [2.45, 2.75) is 0 Å². The van der Waals surface area contributed by atoms with Crippen LogP contribution in [0.4, 0.5) is 0 Å². The quantitative estimate of drug-likeness (QED) is 0.733. The third-order valence-electron chi connectivity index (χ3n) is 2.66. The molecule has 0 aromatic heterocycles. The molecule has 2 aromatic carbocycles. The Labute approximate surface area is 125 Å². The number of ether oxygens (including phenoxy) is 1. The van der Waals surface area contributed by atoms with Crippen molar-refractivity contribution in [3.8, 4) is 16.9 Å². The van der Waals surface area contributed by atoms with Gasteiger partial charge in [0.25, 0.3) is 0 Å². The van der Waals surface area contributed by atoms with E-state index >= 15 is 0 Å². The third kappa shape index (κ3) is 2.86. The van der Waals surface area contributed by atoms with E-state index in [1.54, 1.807) is 30.3 Å². The van der Waals surface area contributed by atoms with Crippen molar-refractivity contribution >= 4 is 41.1 Å². The van der Waals surface area contributed by atoms with Crippen LogP contribution in [0.2, 0.25) is 15.1 Å². The fourth-order valence-corrected chi connectivity index (χ4v) is 2.40. The topological polar surface area (TPSA) is 26.3 Å². The molecule has 0 spiro atoms. The lowest BCUT2D eigenvalue weighted by molar-refractivity contribution is 0.112. The van der Waals surface area contributed by atoms with E-state index in [0.717, 1.165) is 0 Å². The molecule has 19 heavy (non-hydrogen) atoms. The monoisotopic (exact) mass is 314 g/mol. The highest BCUT2D eigenvalue weighted by Crippen LogP contribution is 2.38. The van der Waals surface area contributed by atoms with Crippen molar-refractivity contribution in [1.29, 1.82) is 0 Å². The number of carbonyl (C=O) groups is 1. The Morgan fingerprint density at radius 1 is 1.00 bits per heavy atom. The highest BCUT2D eigenvalue weighted by Gasteiger charge is 2.13. The normalized spacial score (nSPS) is 10.3. The van der Waals surface area contributed by atoms with E-state index in [1.807, 2.05) is 0 Å². The highest BCUT2D eigenvalue weighted by molar-refractivity contribution is 6.37. The van der Waals surface area contributed by atoms with Gasteiger partial charge < -0.3 is 4.74 Å². The zero-order valence-corrected chi connectivity index (χ0v) is 12.2. The van der Waals surface area contributed by atoms with E-state index in [9.17, 15) is 4.79 Å². The van der Waals surface area contributed by atoms with Gasteiger partial charge in [0.05, 0.1) is 17.7 Å². The summed E-state index contributed by atoms with van der Waals surface area (Å²) in [6.07, 6.45) is 0.705. The second kappa shape index (κ2) is 5.83.